The summed E-state index contributed by atoms with van der Waals surface area (Å²) in [6.07, 6.45) is 3.36. The van der Waals surface area contributed by atoms with Crippen molar-refractivity contribution in [1.29, 1.82) is 0 Å². The van der Waals surface area contributed by atoms with Gasteiger partial charge in [0.1, 0.15) is 0 Å². The van der Waals surface area contributed by atoms with Gasteiger partial charge in [-0.1, -0.05) is 6.58 Å². The van der Waals surface area contributed by atoms with Gasteiger partial charge in [-0.05, 0) is 6.08 Å². The number of allylic oxidation sites excluding steroid dienone is 1. The maximum atomic E-state index is 5.31. The first-order chi connectivity index (χ1) is 3.30. The second kappa shape index (κ2) is 1.22. The van der Waals surface area contributed by atoms with Gasteiger partial charge in [0, 0.05) is 6.21 Å². The van der Waals surface area contributed by atoms with Crippen LogP contribution >= 0.6 is 0 Å². The van der Waals surface area contributed by atoms with Crippen LogP contribution in [0, 0.1) is 0 Å². The number of aliphatic imine (C=N–C) groups is 1. The number of hydrogen-bond acceptors (Lipinski definition) is 2. The summed E-state index contributed by atoms with van der Waals surface area (Å²) in [5, 5.41) is 0. The lowest BCUT2D eigenvalue weighted by molar-refractivity contribution is 1.30. The lowest BCUT2D eigenvalue weighted by atomic mass is 10.4. The van der Waals surface area contributed by atoms with Gasteiger partial charge in [0.25, 0.3) is 0 Å². The summed E-state index contributed by atoms with van der Waals surface area (Å²) in [5.41, 5.74) is 6.65. The Labute approximate surface area is 42.0 Å². The van der Waals surface area contributed by atoms with Crippen molar-refractivity contribution < 1.29 is 0 Å². The van der Waals surface area contributed by atoms with Crippen molar-refractivity contribution in [3.63, 3.8) is 0 Å². The van der Waals surface area contributed by atoms with Gasteiger partial charge in [0.15, 0.2) is 0 Å². The fraction of sp³-hybridized carbons (Fsp3) is 0. The van der Waals surface area contributed by atoms with Crippen molar-refractivity contribution in [2.75, 3.05) is 0 Å². The molecule has 1 aliphatic heterocycles. The molecule has 0 bridgehead atoms. The zero-order chi connectivity index (χ0) is 5.28. The molecular weight excluding hydrogens is 88.1 g/mol. The summed E-state index contributed by atoms with van der Waals surface area (Å²) in [6.45, 7) is 3.54. The molecule has 0 saturated heterocycles. The maximum Gasteiger partial charge on any atom is 0.0787 e. The van der Waals surface area contributed by atoms with Crippen molar-refractivity contribution in [2.45, 2.75) is 0 Å². The lowest BCUT2D eigenvalue weighted by Gasteiger charge is -1.86. The highest BCUT2D eigenvalue weighted by molar-refractivity contribution is 5.78. The Bertz CT molecular complexity index is 153. The summed E-state index contributed by atoms with van der Waals surface area (Å²) < 4.78 is 0. The smallest absolute Gasteiger partial charge is 0.0787 e. The summed E-state index contributed by atoms with van der Waals surface area (Å²) in [5.74, 6) is 0. The van der Waals surface area contributed by atoms with E-state index in [0.29, 0.717) is 11.4 Å². The highest BCUT2D eigenvalue weighted by atomic mass is 14.8. The van der Waals surface area contributed by atoms with E-state index in [9.17, 15) is 0 Å². The summed E-state index contributed by atoms with van der Waals surface area (Å²) in [6, 6.07) is 0. The fourth-order valence-electron chi connectivity index (χ4n) is 0.378. The highest BCUT2D eigenvalue weighted by Gasteiger charge is 1.96. The summed E-state index contributed by atoms with van der Waals surface area (Å²) in [4.78, 5) is 3.78. The molecule has 1 rings (SSSR count). The molecule has 36 valence electrons. The summed E-state index contributed by atoms with van der Waals surface area (Å²) >= 11 is 0. The molecule has 1 heterocycles. The first-order valence-electron chi connectivity index (χ1n) is 2.00. The Kier molecular flexibility index (Phi) is 0.719. The predicted molar refractivity (Wildman–Crippen MR) is 29.9 cm³/mol. The summed E-state index contributed by atoms with van der Waals surface area (Å²) in [7, 11) is 0. The molecule has 0 saturated carbocycles. The standard InChI is InChI=1S/C5H6N2/c1-4-5(6)2-3-7-4/h2-3H,1,6H2. The van der Waals surface area contributed by atoms with E-state index in [2.05, 4.69) is 11.6 Å². The topological polar surface area (TPSA) is 38.4 Å². The third-order valence-electron chi connectivity index (χ3n) is 0.818. The van der Waals surface area contributed by atoms with Crippen LogP contribution < -0.4 is 5.73 Å². The van der Waals surface area contributed by atoms with Gasteiger partial charge in [-0.2, -0.15) is 0 Å². The SMILES string of the molecule is C=C1N=CC=C1N. The Balaban J connectivity index is 2.89. The average Bonchev–Trinajstić information content (AvgIpc) is 1.91. The Morgan fingerprint density at radius 1 is 1.71 bits per heavy atom. The van der Waals surface area contributed by atoms with Gasteiger partial charge in [-0.3, -0.25) is 4.99 Å². The fourth-order valence-corrected chi connectivity index (χ4v) is 0.378. The van der Waals surface area contributed by atoms with Crippen molar-refractivity contribution >= 4 is 6.21 Å². The van der Waals surface area contributed by atoms with E-state index < -0.39 is 0 Å². The molecule has 0 spiro atoms. The van der Waals surface area contributed by atoms with Crippen molar-refractivity contribution in [2.24, 2.45) is 10.7 Å². The van der Waals surface area contributed by atoms with E-state index in [1.807, 2.05) is 0 Å². The molecule has 7 heavy (non-hydrogen) atoms. The number of rotatable bonds is 0. The van der Waals surface area contributed by atoms with Gasteiger partial charge in [-0.15, -0.1) is 0 Å². The second-order valence-corrected chi connectivity index (χ2v) is 1.35. The minimum absolute atomic E-state index is 0.667. The lowest BCUT2D eigenvalue weighted by Crippen LogP contribution is -1.93. The molecule has 0 amide bonds. The molecule has 0 unspecified atom stereocenters. The van der Waals surface area contributed by atoms with E-state index in [1.54, 1.807) is 12.3 Å². The first-order valence-corrected chi connectivity index (χ1v) is 2.00. The van der Waals surface area contributed by atoms with Crippen LogP contribution in [-0.2, 0) is 0 Å². The minimum Gasteiger partial charge on any atom is -0.397 e. The number of nitrogens with two attached hydrogens (primary N) is 1. The van der Waals surface area contributed by atoms with Crippen LogP contribution in [0.4, 0.5) is 0 Å². The molecule has 0 aromatic rings. The van der Waals surface area contributed by atoms with E-state index in [1.165, 1.54) is 0 Å². The zero-order valence-electron chi connectivity index (χ0n) is 3.89. The number of hydrogen-bond donors (Lipinski definition) is 1. The molecule has 2 heteroatoms. The van der Waals surface area contributed by atoms with Crippen LogP contribution in [0.5, 0.6) is 0 Å². The van der Waals surface area contributed by atoms with Gasteiger partial charge in [0.05, 0.1) is 11.4 Å². The van der Waals surface area contributed by atoms with E-state index in [0.717, 1.165) is 0 Å². The molecule has 2 N–H and O–H groups in total. The molecule has 1 aliphatic rings. The van der Waals surface area contributed by atoms with Crippen LogP contribution in [0.3, 0.4) is 0 Å². The van der Waals surface area contributed by atoms with Crippen molar-refractivity contribution in [3.8, 4) is 0 Å². The monoisotopic (exact) mass is 94.1 g/mol. The zero-order valence-corrected chi connectivity index (χ0v) is 3.89. The third-order valence-corrected chi connectivity index (χ3v) is 0.818. The first kappa shape index (κ1) is 4.12. The van der Waals surface area contributed by atoms with Crippen LogP contribution in [0.1, 0.15) is 0 Å². The highest BCUT2D eigenvalue weighted by Crippen LogP contribution is 2.05. The molecule has 0 aromatic carbocycles. The van der Waals surface area contributed by atoms with Gasteiger partial charge in [-0.25, -0.2) is 0 Å². The van der Waals surface area contributed by atoms with Crippen molar-refractivity contribution in [1.82, 2.24) is 0 Å². The Morgan fingerprint density at radius 3 is 2.57 bits per heavy atom. The van der Waals surface area contributed by atoms with Crippen LogP contribution in [-0.4, -0.2) is 6.21 Å². The van der Waals surface area contributed by atoms with E-state index in [-0.39, 0.29) is 0 Å². The van der Waals surface area contributed by atoms with Crippen LogP contribution in [0.25, 0.3) is 0 Å². The van der Waals surface area contributed by atoms with Crippen LogP contribution in [0.15, 0.2) is 29.0 Å². The van der Waals surface area contributed by atoms with Gasteiger partial charge < -0.3 is 5.73 Å². The van der Waals surface area contributed by atoms with Gasteiger partial charge in [0.2, 0.25) is 0 Å². The average molecular weight is 94.1 g/mol. The predicted octanol–water partition coefficient (Wildman–Crippen LogP) is 0.427. The normalized spacial score (nSPS) is 17.7. The molecule has 0 atom stereocenters. The number of nitrogens with zero attached hydrogens (tertiary/aromatic N) is 1. The van der Waals surface area contributed by atoms with Gasteiger partial charge >= 0.3 is 0 Å². The van der Waals surface area contributed by atoms with E-state index in [4.69, 9.17) is 5.73 Å². The third kappa shape index (κ3) is 0.538. The molecule has 0 aromatic heterocycles. The van der Waals surface area contributed by atoms with E-state index >= 15 is 0 Å². The Hall–Kier alpha value is -1.05. The minimum atomic E-state index is 0.667. The largest absolute Gasteiger partial charge is 0.397 e. The maximum absolute atomic E-state index is 5.31. The van der Waals surface area contributed by atoms with Crippen LogP contribution in [0.2, 0.25) is 0 Å². The Morgan fingerprint density at radius 2 is 2.43 bits per heavy atom. The molecule has 0 radical (unpaired) electrons. The molecule has 2 nitrogen and oxygen atoms in total. The van der Waals surface area contributed by atoms with Crippen molar-refractivity contribution in [3.05, 3.63) is 24.0 Å². The molecular formula is C5H6N2. The quantitative estimate of drug-likeness (QED) is 0.464. The molecule has 0 fully saturated rings. The second-order valence-electron chi connectivity index (χ2n) is 1.35. The molecule has 0 aliphatic carbocycles.